The molecule has 0 fully saturated rings. The summed E-state index contributed by atoms with van der Waals surface area (Å²) in [6, 6.07) is 3.62. The fourth-order valence-corrected chi connectivity index (χ4v) is 1.52. The molecule has 16 heavy (non-hydrogen) atoms. The number of aromatic nitrogens is 1. The predicted molar refractivity (Wildman–Crippen MR) is 59.5 cm³/mol. The van der Waals surface area contributed by atoms with Crippen LogP contribution in [0.1, 0.15) is 17.5 Å². The van der Waals surface area contributed by atoms with Gasteiger partial charge >= 0.3 is 5.97 Å². The van der Waals surface area contributed by atoms with Crippen LogP contribution in [0.4, 0.5) is 5.69 Å². The van der Waals surface area contributed by atoms with E-state index in [2.05, 4.69) is 10.3 Å². The molecule has 0 unspecified atom stereocenters. The molecule has 0 saturated carbocycles. The van der Waals surface area contributed by atoms with E-state index in [-0.39, 0.29) is 5.76 Å². The molecule has 0 saturated heterocycles. The highest BCUT2D eigenvalue weighted by Crippen LogP contribution is 2.29. The molecule has 2 rings (SSSR count). The van der Waals surface area contributed by atoms with Crippen LogP contribution in [0.5, 0.6) is 0 Å². The molecule has 0 amide bonds. The van der Waals surface area contributed by atoms with Gasteiger partial charge in [0.05, 0.1) is 17.7 Å². The highest BCUT2D eigenvalue weighted by molar-refractivity contribution is 6.03. The summed E-state index contributed by atoms with van der Waals surface area (Å²) in [6.45, 7) is 2.06. The third kappa shape index (κ3) is 1.60. The molecule has 2 aromatic heterocycles. The molecular weight excluding hydrogens is 208 g/mol. The van der Waals surface area contributed by atoms with Crippen molar-refractivity contribution < 1.29 is 13.9 Å². The van der Waals surface area contributed by atoms with Crippen molar-refractivity contribution in [3.8, 4) is 0 Å². The zero-order valence-electron chi connectivity index (χ0n) is 9.11. The van der Waals surface area contributed by atoms with Crippen molar-refractivity contribution in [3.63, 3.8) is 0 Å². The van der Waals surface area contributed by atoms with E-state index in [4.69, 9.17) is 9.15 Å². The van der Waals surface area contributed by atoms with Gasteiger partial charge in [0.2, 0.25) is 11.5 Å². The Hall–Kier alpha value is -2.04. The SMILES string of the molecule is CCOC(=O)c1oc2ncccc2c1NC. The normalized spacial score (nSPS) is 10.4. The maximum atomic E-state index is 11.6. The maximum Gasteiger partial charge on any atom is 0.376 e. The third-order valence-corrected chi connectivity index (χ3v) is 2.18. The van der Waals surface area contributed by atoms with E-state index >= 15 is 0 Å². The van der Waals surface area contributed by atoms with Gasteiger partial charge in [0.25, 0.3) is 0 Å². The van der Waals surface area contributed by atoms with E-state index in [9.17, 15) is 4.79 Å². The van der Waals surface area contributed by atoms with Gasteiger partial charge in [-0.1, -0.05) is 0 Å². The Bertz CT molecular complexity index is 519. The Morgan fingerprint density at radius 2 is 2.44 bits per heavy atom. The minimum atomic E-state index is -0.482. The summed E-state index contributed by atoms with van der Waals surface area (Å²) in [5.41, 5.74) is 1.04. The lowest BCUT2D eigenvalue weighted by molar-refractivity contribution is 0.0494. The zero-order valence-corrected chi connectivity index (χ0v) is 9.11. The van der Waals surface area contributed by atoms with E-state index < -0.39 is 5.97 Å². The molecule has 5 heteroatoms. The molecule has 0 aliphatic carbocycles. The Morgan fingerprint density at radius 1 is 1.62 bits per heavy atom. The topological polar surface area (TPSA) is 64.4 Å². The minimum absolute atomic E-state index is 0.165. The van der Waals surface area contributed by atoms with E-state index in [1.807, 2.05) is 6.07 Å². The van der Waals surface area contributed by atoms with Gasteiger partial charge in [-0.05, 0) is 19.1 Å². The van der Waals surface area contributed by atoms with Gasteiger partial charge in [-0.25, -0.2) is 9.78 Å². The van der Waals surface area contributed by atoms with E-state index in [0.29, 0.717) is 18.0 Å². The van der Waals surface area contributed by atoms with Gasteiger partial charge in [-0.3, -0.25) is 0 Å². The second kappa shape index (κ2) is 4.22. The maximum absolute atomic E-state index is 11.6. The van der Waals surface area contributed by atoms with Crippen molar-refractivity contribution in [2.45, 2.75) is 6.92 Å². The van der Waals surface area contributed by atoms with Crippen LogP contribution in [0.25, 0.3) is 11.1 Å². The van der Waals surface area contributed by atoms with Crippen molar-refractivity contribution in [1.82, 2.24) is 4.98 Å². The van der Waals surface area contributed by atoms with Crippen molar-refractivity contribution in [2.24, 2.45) is 0 Å². The molecule has 0 radical (unpaired) electrons. The summed E-state index contributed by atoms with van der Waals surface area (Å²) in [7, 11) is 1.72. The van der Waals surface area contributed by atoms with Gasteiger partial charge in [0.15, 0.2) is 0 Å². The molecule has 2 heterocycles. The number of esters is 1. The highest BCUT2D eigenvalue weighted by Gasteiger charge is 2.21. The van der Waals surface area contributed by atoms with Crippen LogP contribution >= 0.6 is 0 Å². The Kier molecular flexibility index (Phi) is 2.76. The molecule has 5 nitrogen and oxygen atoms in total. The van der Waals surface area contributed by atoms with Gasteiger partial charge in [0.1, 0.15) is 0 Å². The van der Waals surface area contributed by atoms with Crippen LogP contribution in [-0.2, 0) is 4.74 Å². The quantitative estimate of drug-likeness (QED) is 0.802. The fraction of sp³-hybridized carbons (Fsp3) is 0.273. The van der Waals surface area contributed by atoms with Crippen molar-refractivity contribution in [1.29, 1.82) is 0 Å². The van der Waals surface area contributed by atoms with E-state index in [0.717, 1.165) is 5.39 Å². The van der Waals surface area contributed by atoms with Crippen molar-refractivity contribution in [3.05, 3.63) is 24.1 Å². The van der Waals surface area contributed by atoms with Gasteiger partial charge in [0, 0.05) is 13.2 Å². The molecule has 84 valence electrons. The second-order valence-electron chi connectivity index (χ2n) is 3.13. The van der Waals surface area contributed by atoms with Crippen LogP contribution < -0.4 is 5.32 Å². The molecule has 2 aromatic rings. The highest BCUT2D eigenvalue weighted by atomic mass is 16.5. The number of nitrogens with zero attached hydrogens (tertiary/aromatic N) is 1. The van der Waals surface area contributed by atoms with Crippen LogP contribution in [0.2, 0.25) is 0 Å². The zero-order chi connectivity index (χ0) is 11.5. The summed E-state index contributed by atoms with van der Waals surface area (Å²) >= 11 is 0. The lowest BCUT2D eigenvalue weighted by Gasteiger charge is -2.00. The second-order valence-corrected chi connectivity index (χ2v) is 3.13. The molecular formula is C11H12N2O3. The number of nitrogens with one attached hydrogen (secondary N) is 1. The minimum Gasteiger partial charge on any atom is -0.460 e. The number of rotatable bonds is 3. The number of carbonyl (C=O) groups is 1. The molecule has 0 aliphatic rings. The van der Waals surface area contributed by atoms with Crippen LogP contribution in [0, 0.1) is 0 Å². The number of furan rings is 1. The average molecular weight is 220 g/mol. The van der Waals surface area contributed by atoms with Crippen LogP contribution in [-0.4, -0.2) is 24.6 Å². The number of hydrogen-bond acceptors (Lipinski definition) is 5. The molecule has 0 aliphatic heterocycles. The first kappa shape index (κ1) is 10.5. The number of ether oxygens (including phenoxy) is 1. The molecule has 0 bridgehead atoms. The number of carbonyl (C=O) groups excluding carboxylic acids is 1. The monoisotopic (exact) mass is 220 g/mol. The van der Waals surface area contributed by atoms with Crippen LogP contribution in [0.15, 0.2) is 22.7 Å². The Balaban J connectivity index is 2.56. The largest absolute Gasteiger partial charge is 0.460 e. The fourth-order valence-electron chi connectivity index (χ4n) is 1.52. The lowest BCUT2D eigenvalue weighted by Crippen LogP contribution is -2.05. The summed E-state index contributed by atoms with van der Waals surface area (Å²) < 4.78 is 10.3. The standard InChI is InChI=1S/C11H12N2O3/c1-3-15-11(14)9-8(12-2)7-5-4-6-13-10(7)16-9/h4-6,12H,3H2,1-2H3. The van der Waals surface area contributed by atoms with E-state index in [1.54, 1.807) is 26.2 Å². The first-order chi connectivity index (χ1) is 7.77. The van der Waals surface area contributed by atoms with Gasteiger partial charge < -0.3 is 14.5 Å². The number of fused-ring (bicyclic) bond motifs is 1. The Labute approximate surface area is 92.4 Å². The van der Waals surface area contributed by atoms with Crippen molar-refractivity contribution in [2.75, 3.05) is 19.0 Å². The number of hydrogen-bond donors (Lipinski definition) is 1. The average Bonchev–Trinajstić information content (AvgIpc) is 2.67. The predicted octanol–water partition coefficient (Wildman–Crippen LogP) is 2.05. The summed E-state index contributed by atoms with van der Waals surface area (Å²) in [5.74, 6) is -0.317. The van der Waals surface area contributed by atoms with Gasteiger partial charge in [-0.15, -0.1) is 0 Å². The number of anilines is 1. The molecule has 1 N–H and O–H groups in total. The summed E-state index contributed by atoms with van der Waals surface area (Å²) in [6.07, 6.45) is 1.61. The summed E-state index contributed by atoms with van der Waals surface area (Å²) in [4.78, 5) is 15.6. The van der Waals surface area contributed by atoms with Gasteiger partial charge in [-0.2, -0.15) is 0 Å². The van der Waals surface area contributed by atoms with Crippen LogP contribution in [0.3, 0.4) is 0 Å². The third-order valence-electron chi connectivity index (χ3n) is 2.18. The molecule has 0 atom stereocenters. The van der Waals surface area contributed by atoms with E-state index in [1.165, 1.54) is 0 Å². The lowest BCUT2D eigenvalue weighted by atomic mass is 10.2. The number of pyridine rings is 1. The van der Waals surface area contributed by atoms with Crippen molar-refractivity contribution >= 4 is 22.8 Å². The summed E-state index contributed by atoms with van der Waals surface area (Å²) in [5, 5.41) is 3.69. The first-order valence-corrected chi connectivity index (χ1v) is 5.00. The molecule has 0 aromatic carbocycles. The first-order valence-electron chi connectivity index (χ1n) is 5.00. The molecule has 0 spiro atoms. The smallest absolute Gasteiger partial charge is 0.376 e. The Morgan fingerprint density at radius 3 is 3.12 bits per heavy atom.